The summed E-state index contributed by atoms with van der Waals surface area (Å²) in [7, 11) is -3.52. The van der Waals surface area contributed by atoms with Crippen LogP contribution in [0, 0.1) is 13.8 Å². The van der Waals surface area contributed by atoms with E-state index in [1.807, 2.05) is 38.1 Å². The first kappa shape index (κ1) is 20.3. The lowest BCUT2D eigenvalue weighted by Gasteiger charge is -2.22. The molecule has 0 bridgehead atoms. The van der Waals surface area contributed by atoms with Gasteiger partial charge >= 0.3 is 0 Å². The highest BCUT2D eigenvalue weighted by atomic mass is 35.5. The number of nitrogens with zero attached hydrogens (tertiary/aromatic N) is 1. The second-order valence-electron chi connectivity index (χ2n) is 6.28. The van der Waals surface area contributed by atoms with Crippen LogP contribution in [0.15, 0.2) is 42.5 Å². The third-order valence-electron chi connectivity index (χ3n) is 4.00. The van der Waals surface area contributed by atoms with Crippen LogP contribution in [0.3, 0.4) is 0 Å². The molecule has 1 amide bonds. The Labute approximate surface area is 160 Å². The van der Waals surface area contributed by atoms with E-state index in [2.05, 4.69) is 5.32 Å². The summed E-state index contributed by atoms with van der Waals surface area (Å²) in [6.45, 7) is 4.31. The lowest BCUT2D eigenvalue weighted by atomic mass is 10.1. The summed E-state index contributed by atoms with van der Waals surface area (Å²) < 4.78 is 25.4. The van der Waals surface area contributed by atoms with Gasteiger partial charge in [0.15, 0.2) is 0 Å². The number of benzene rings is 2. The Morgan fingerprint density at radius 2 is 1.77 bits per heavy atom. The van der Waals surface area contributed by atoms with Gasteiger partial charge in [-0.2, -0.15) is 0 Å². The van der Waals surface area contributed by atoms with Gasteiger partial charge in [0.05, 0.1) is 11.9 Å². The van der Waals surface area contributed by atoms with Crippen molar-refractivity contribution < 1.29 is 13.2 Å². The second-order valence-corrected chi connectivity index (χ2v) is 8.59. The minimum absolute atomic E-state index is 0.0535. The molecule has 7 heteroatoms. The van der Waals surface area contributed by atoms with Crippen LogP contribution < -0.4 is 9.62 Å². The van der Waals surface area contributed by atoms with Crippen molar-refractivity contribution in [3.63, 3.8) is 0 Å². The summed E-state index contributed by atoms with van der Waals surface area (Å²) in [6.07, 6.45) is 1.18. The zero-order valence-electron chi connectivity index (χ0n) is 15.1. The van der Waals surface area contributed by atoms with E-state index in [1.165, 1.54) is 4.31 Å². The van der Waals surface area contributed by atoms with E-state index in [1.54, 1.807) is 18.2 Å². The van der Waals surface area contributed by atoms with Crippen molar-refractivity contribution >= 4 is 33.2 Å². The number of halogens is 1. The monoisotopic (exact) mass is 394 g/mol. The van der Waals surface area contributed by atoms with Crippen molar-refractivity contribution in [1.29, 1.82) is 0 Å². The third-order valence-corrected chi connectivity index (χ3v) is 5.60. The Morgan fingerprint density at radius 3 is 2.35 bits per heavy atom. The number of sulfonamides is 1. The zero-order chi connectivity index (χ0) is 19.3. The maximum atomic E-state index is 12.1. The number of rotatable bonds is 7. The molecule has 5 nitrogen and oxygen atoms in total. The molecule has 0 aliphatic rings. The van der Waals surface area contributed by atoms with Crippen molar-refractivity contribution in [2.75, 3.05) is 17.1 Å². The van der Waals surface area contributed by atoms with Gasteiger partial charge in [-0.25, -0.2) is 8.42 Å². The Morgan fingerprint density at radius 1 is 1.12 bits per heavy atom. The van der Waals surface area contributed by atoms with Crippen LogP contribution in [0.2, 0.25) is 5.02 Å². The number of carbonyl (C=O) groups excluding carboxylic acids is 1. The topological polar surface area (TPSA) is 66.5 Å². The third kappa shape index (κ3) is 5.75. The maximum absolute atomic E-state index is 12.1. The van der Waals surface area contributed by atoms with Crippen LogP contribution in [0.4, 0.5) is 5.69 Å². The van der Waals surface area contributed by atoms with Gasteiger partial charge in [0.1, 0.15) is 0 Å². The summed E-state index contributed by atoms with van der Waals surface area (Å²) in [5, 5.41) is 3.30. The molecule has 2 aromatic rings. The highest BCUT2D eigenvalue weighted by molar-refractivity contribution is 7.92. The van der Waals surface area contributed by atoms with E-state index in [-0.39, 0.29) is 18.9 Å². The fourth-order valence-electron chi connectivity index (χ4n) is 2.42. The molecular formula is C19H23ClN2O3S. The van der Waals surface area contributed by atoms with E-state index in [0.717, 1.165) is 22.9 Å². The van der Waals surface area contributed by atoms with Gasteiger partial charge in [-0.3, -0.25) is 9.10 Å². The van der Waals surface area contributed by atoms with Gasteiger partial charge in [0, 0.05) is 24.5 Å². The highest BCUT2D eigenvalue weighted by Crippen LogP contribution is 2.25. The summed E-state index contributed by atoms with van der Waals surface area (Å²) in [6, 6.07) is 12.9. The fraction of sp³-hybridized carbons (Fsp3) is 0.316. The number of carbonyl (C=O) groups is 1. The van der Waals surface area contributed by atoms with Gasteiger partial charge in [0.25, 0.3) is 0 Å². The normalized spacial score (nSPS) is 11.2. The molecule has 0 heterocycles. The van der Waals surface area contributed by atoms with Crippen molar-refractivity contribution in [2.24, 2.45) is 0 Å². The molecule has 0 aliphatic heterocycles. The average molecular weight is 395 g/mol. The van der Waals surface area contributed by atoms with E-state index in [0.29, 0.717) is 17.3 Å². The molecule has 0 fully saturated rings. The largest absolute Gasteiger partial charge is 0.352 e. The first-order valence-corrected chi connectivity index (χ1v) is 10.5. The SMILES string of the molecule is Cc1ccc(CNC(=O)CCN(c2ccc(C)c(Cl)c2)S(C)(=O)=O)cc1. The molecule has 0 saturated carbocycles. The lowest BCUT2D eigenvalue weighted by Crippen LogP contribution is -2.34. The lowest BCUT2D eigenvalue weighted by molar-refractivity contribution is -0.121. The smallest absolute Gasteiger partial charge is 0.232 e. The first-order valence-electron chi connectivity index (χ1n) is 8.23. The van der Waals surface area contributed by atoms with Crippen LogP contribution in [0.5, 0.6) is 0 Å². The van der Waals surface area contributed by atoms with Crippen molar-refractivity contribution in [2.45, 2.75) is 26.8 Å². The van der Waals surface area contributed by atoms with Crippen LogP contribution in [-0.2, 0) is 21.4 Å². The van der Waals surface area contributed by atoms with Crippen LogP contribution in [-0.4, -0.2) is 27.1 Å². The Balaban J connectivity index is 1.99. The number of amides is 1. The number of anilines is 1. The molecule has 0 aliphatic carbocycles. The molecule has 140 valence electrons. The molecule has 0 aromatic heterocycles. The first-order chi connectivity index (χ1) is 12.2. The van der Waals surface area contributed by atoms with Crippen LogP contribution in [0.25, 0.3) is 0 Å². The molecular weight excluding hydrogens is 372 g/mol. The molecule has 0 spiro atoms. The standard InChI is InChI=1S/C19H23ClN2O3S/c1-14-4-7-16(8-5-14)13-21-19(23)10-11-22(26(3,24)25)17-9-6-15(2)18(20)12-17/h4-9,12H,10-11,13H2,1-3H3,(H,21,23). The Kier molecular flexibility index (Phi) is 6.67. The van der Waals surface area contributed by atoms with Gasteiger partial charge in [0.2, 0.25) is 15.9 Å². The second kappa shape index (κ2) is 8.56. The van der Waals surface area contributed by atoms with Crippen molar-refractivity contribution in [1.82, 2.24) is 5.32 Å². The highest BCUT2D eigenvalue weighted by Gasteiger charge is 2.19. The molecule has 0 atom stereocenters. The Bertz CT molecular complexity index is 880. The van der Waals surface area contributed by atoms with E-state index in [9.17, 15) is 13.2 Å². The molecule has 26 heavy (non-hydrogen) atoms. The van der Waals surface area contributed by atoms with Gasteiger partial charge in [-0.15, -0.1) is 0 Å². The van der Waals surface area contributed by atoms with E-state index >= 15 is 0 Å². The predicted molar refractivity (Wildman–Crippen MR) is 106 cm³/mol. The molecule has 1 N–H and O–H groups in total. The summed E-state index contributed by atoms with van der Waals surface area (Å²) in [5.74, 6) is -0.211. The maximum Gasteiger partial charge on any atom is 0.232 e. The van der Waals surface area contributed by atoms with Gasteiger partial charge < -0.3 is 5.32 Å². The van der Waals surface area contributed by atoms with E-state index in [4.69, 9.17) is 11.6 Å². The summed E-state index contributed by atoms with van der Waals surface area (Å²) >= 11 is 6.10. The summed E-state index contributed by atoms with van der Waals surface area (Å²) in [5.41, 5.74) is 3.46. The fourth-order valence-corrected chi connectivity index (χ4v) is 3.52. The number of aryl methyl sites for hydroxylation is 2. The van der Waals surface area contributed by atoms with Crippen LogP contribution in [0.1, 0.15) is 23.1 Å². The average Bonchev–Trinajstić information content (AvgIpc) is 2.56. The van der Waals surface area contributed by atoms with E-state index < -0.39 is 10.0 Å². The molecule has 2 rings (SSSR count). The Hall–Kier alpha value is -2.05. The number of nitrogens with one attached hydrogen (secondary N) is 1. The zero-order valence-corrected chi connectivity index (χ0v) is 16.7. The van der Waals surface area contributed by atoms with Gasteiger partial charge in [-0.05, 0) is 37.1 Å². The predicted octanol–water partition coefficient (Wildman–Crippen LogP) is 3.43. The number of hydrogen-bond acceptors (Lipinski definition) is 3. The van der Waals surface area contributed by atoms with Crippen molar-refractivity contribution in [3.8, 4) is 0 Å². The minimum atomic E-state index is -3.52. The summed E-state index contributed by atoms with van der Waals surface area (Å²) in [4.78, 5) is 12.1. The van der Waals surface area contributed by atoms with Crippen molar-refractivity contribution in [3.05, 3.63) is 64.2 Å². The quantitative estimate of drug-likeness (QED) is 0.782. The molecule has 2 aromatic carbocycles. The van der Waals surface area contributed by atoms with Crippen LogP contribution >= 0.6 is 11.6 Å². The molecule has 0 unspecified atom stereocenters. The minimum Gasteiger partial charge on any atom is -0.352 e. The molecule has 0 radical (unpaired) electrons. The van der Waals surface area contributed by atoms with Gasteiger partial charge in [-0.1, -0.05) is 47.5 Å². The molecule has 0 saturated heterocycles. The number of hydrogen-bond donors (Lipinski definition) is 1.